The second-order valence-corrected chi connectivity index (χ2v) is 9.41. The van der Waals surface area contributed by atoms with Crippen molar-refractivity contribution in [2.75, 3.05) is 0 Å². The molecule has 0 aliphatic carbocycles. The van der Waals surface area contributed by atoms with Gasteiger partial charge in [0.1, 0.15) is 0 Å². The minimum Gasteiger partial charge on any atom is -0.412 e. The fourth-order valence-corrected chi connectivity index (χ4v) is 3.90. The molecule has 0 saturated heterocycles. The molecule has 0 spiro atoms. The van der Waals surface area contributed by atoms with E-state index in [9.17, 15) is 0 Å². The Morgan fingerprint density at radius 1 is 0.875 bits per heavy atom. The molecular weight excluding hydrogens is 161 g/mol. The van der Waals surface area contributed by atoms with E-state index in [-0.39, 0.29) is 5.48 Å². The third-order valence-electron chi connectivity index (χ3n) is 1.50. The van der Waals surface area contributed by atoms with Crippen molar-refractivity contribution in [3.05, 3.63) is 0 Å². The van der Waals surface area contributed by atoms with Crippen LogP contribution in [0.3, 0.4) is 0 Å². The van der Waals surface area contributed by atoms with E-state index in [1.54, 1.807) is 0 Å². The molecule has 8 heavy (non-hydrogen) atoms. The molecule has 0 amide bonds. The first-order valence-corrected chi connectivity index (χ1v) is 7.63. The quantitative estimate of drug-likeness (QED) is 0.589. The molecule has 2 heteroatoms. The van der Waals surface area contributed by atoms with Gasteiger partial charge in [-0.15, -0.1) is 0 Å². The standard InChI is InChI=1S/C6H15Ge.H2O/c1-4-7(5-2)6-3;/h4-6H2,1-3H3;1H2. The van der Waals surface area contributed by atoms with Gasteiger partial charge in [-0.3, -0.25) is 0 Å². The van der Waals surface area contributed by atoms with Crippen LogP contribution in [0.5, 0.6) is 0 Å². The van der Waals surface area contributed by atoms with Crippen LogP contribution in [-0.2, 0) is 0 Å². The molecule has 0 aromatic heterocycles. The third kappa shape index (κ3) is 4.66. The molecule has 0 rings (SSSR count). The van der Waals surface area contributed by atoms with Gasteiger partial charge in [-0.1, -0.05) is 0 Å². The average Bonchev–Trinajstić information content (AvgIpc) is 1.72. The van der Waals surface area contributed by atoms with Gasteiger partial charge >= 0.3 is 50.9 Å². The van der Waals surface area contributed by atoms with Crippen LogP contribution < -0.4 is 0 Å². The first-order valence-electron chi connectivity index (χ1n) is 3.18. The van der Waals surface area contributed by atoms with E-state index in [1.165, 1.54) is 15.8 Å². The van der Waals surface area contributed by atoms with Crippen molar-refractivity contribution in [3.8, 4) is 0 Å². The Labute approximate surface area is 56.9 Å². The average molecular weight is 178 g/mol. The van der Waals surface area contributed by atoms with Crippen molar-refractivity contribution in [1.29, 1.82) is 0 Å². The minimum atomic E-state index is -0.403. The van der Waals surface area contributed by atoms with Crippen LogP contribution in [0.25, 0.3) is 0 Å². The van der Waals surface area contributed by atoms with Crippen molar-refractivity contribution >= 4 is 14.3 Å². The van der Waals surface area contributed by atoms with Gasteiger partial charge in [-0.05, 0) is 0 Å². The Bertz CT molecular complexity index is 30.0. The van der Waals surface area contributed by atoms with E-state index in [4.69, 9.17) is 0 Å². The SMILES string of the molecule is C[CH2][Ge]([CH2]C)[CH2]C.O. The van der Waals surface area contributed by atoms with E-state index in [2.05, 4.69) is 20.8 Å². The Hall–Kier alpha value is 0.503. The molecule has 0 bridgehead atoms. The summed E-state index contributed by atoms with van der Waals surface area (Å²) in [5, 5.41) is 4.56. The fraction of sp³-hybridized carbons (Fsp3) is 1.00. The van der Waals surface area contributed by atoms with Gasteiger partial charge < -0.3 is 5.48 Å². The van der Waals surface area contributed by atoms with Crippen LogP contribution in [0.15, 0.2) is 0 Å². The fourth-order valence-electron chi connectivity index (χ4n) is 0.750. The molecule has 51 valence electrons. The molecule has 0 aliphatic heterocycles. The maximum absolute atomic E-state index is 2.34. The van der Waals surface area contributed by atoms with Crippen molar-refractivity contribution in [2.45, 2.75) is 36.5 Å². The van der Waals surface area contributed by atoms with Crippen LogP contribution in [0.2, 0.25) is 15.8 Å². The zero-order valence-corrected chi connectivity index (χ0v) is 8.22. The smallest absolute Gasteiger partial charge is 0.412 e. The van der Waals surface area contributed by atoms with Crippen LogP contribution in [-0.4, -0.2) is 19.8 Å². The van der Waals surface area contributed by atoms with Crippen molar-refractivity contribution < 1.29 is 5.48 Å². The Morgan fingerprint density at radius 3 is 1.12 bits per heavy atom. The van der Waals surface area contributed by atoms with Crippen molar-refractivity contribution in [3.63, 3.8) is 0 Å². The van der Waals surface area contributed by atoms with E-state index in [0.717, 1.165) is 0 Å². The largest absolute Gasteiger partial charge is 0.412 e. The molecule has 0 aliphatic rings. The van der Waals surface area contributed by atoms with Crippen LogP contribution >= 0.6 is 0 Å². The first kappa shape index (κ1) is 11.3. The molecule has 1 radical (unpaired) electrons. The summed E-state index contributed by atoms with van der Waals surface area (Å²) >= 11 is -0.403. The summed E-state index contributed by atoms with van der Waals surface area (Å²) in [6.45, 7) is 7.01. The van der Waals surface area contributed by atoms with Gasteiger partial charge in [0, 0.05) is 0 Å². The van der Waals surface area contributed by atoms with Crippen LogP contribution in [0.1, 0.15) is 20.8 Å². The predicted molar refractivity (Wildman–Crippen MR) is 40.8 cm³/mol. The Kier molecular flexibility index (Phi) is 10.6. The molecule has 0 fully saturated rings. The Balaban J connectivity index is 0. The van der Waals surface area contributed by atoms with Gasteiger partial charge in [0.25, 0.3) is 0 Å². The van der Waals surface area contributed by atoms with Crippen molar-refractivity contribution in [1.82, 2.24) is 0 Å². The summed E-state index contributed by atoms with van der Waals surface area (Å²) in [6.07, 6.45) is 0. The second-order valence-electron chi connectivity index (χ2n) is 1.81. The Morgan fingerprint density at radius 2 is 1.12 bits per heavy atom. The summed E-state index contributed by atoms with van der Waals surface area (Å²) < 4.78 is 0. The summed E-state index contributed by atoms with van der Waals surface area (Å²) in [6, 6.07) is 0. The first-order chi connectivity index (χ1) is 3.35. The molecule has 0 atom stereocenters. The molecule has 0 aromatic carbocycles. The maximum Gasteiger partial charge on any atom is -0.412 e. The van der Waals surface area contributed by atoms with Gasteiger partial charge in [-0.2, -0.15) is 0 Å². The summed E-state index contributed by atoms with van der Waals surface area (Å²) in [5.41, 5.74) is 0. The van der Waals surface area contributed by atoms with E-state index >= 15 is 0 Å². The summed E-state index contributed by atoms with van der Waals surface area (Å²) in [4.78, 5) is 0. The maximum atomic E-state index is 2.34. The monoisotopic (exact) mass is 179 g/mol. The number of rotatable bonds is 3. The predicted octanol–water partition coefficient (Wildman–Crippen LogP) is 1.72. The normalized spacial score (nSPS) is 9.00. The van der Waals surface area contributed by atoms with Gasteiger partial charge in [0.05, 0.1) is 0 Å². The van der Waals surface area contributed by atoms with Gasteiger partial charge in [0.15, 0.2) is 0 Å². The van der Waals surface area contributed by atoms with Crippen LogP contribution in [0, 0.1) is 0 Å². The van der Waals surface area contributed by atoms with E-state index in [1.807, 2.05) is 0 Å². The molecule has 1 nitrogen and oxygen atoms in total. The number of hydrogen-bond donors (Lipinski definition) is 0. The second kappa shape index (κ2) is 7.50. The topological polar surface area (TPSA) is 31.5 Å². The summed E-state index contributed by atoms with van der Waals surface area (Å²) in [7, 11) is 0. The van der Waals surface area contributed by atoms with E-state index in [0.29, 0.717) is 0 Å². The molecule has 0 heterocycles. The molecular formula is C6H17GeO. The molecule has 0 saturated carbocycles. The van der Waals surface area contributed by atoms with Gasteiger partial charge in [0.2, 0.25) is 0 Å². The number of hydrogen-bond acceptors (Lipinski definition) is 0. The zero-order valence-electron chi connectivity index (χ0n) is 6.12. The summed E-state index contributed by atoms with van der Waals surface area (Å²) in [5.74, 6) is 0. The third-order valence-corrected chi connectivity index (χ3v) is 7.79. The molecule has 2 N–H and O–H groups in total. The molecule has 0 unspecified atom stereocenters. The van der Waals surface area contributed by atoms with Crippen molar-refractivity contribution in [2.24, 2.45) is 0 Å². The van der Waals surface area contributed by atoms with Crippen LogP contribution in [0.4, 0.5) is 0 Å². The zero-order chi connectivity index (χ0) is 5.70. The van der Waals surface area contributed by atoms with Gasteiger partial charge in [-0.25, -0.2) is 0 Å². The minimum absolute atomic E-state index is 0. The van der Waals surface area contributed by atoms with E-state index < -0.39 is 14.3 Å². The molecule has 0 aromatic rings.